The van der Waals surface area contributed by atoms with Crippen molar-refractivity contribution in [2.75, 3.05) is 4.90 Å². The Hall–Kier alpha value is -1.32. The molecule has 1 unspecified atom stereocenters. The fourth-order valence-electron chi connectivity index (χ4n) is 2.37. The molecule has 0 aliphatic carbocycles. The number of halogens is 1. The van der Waals surface area contributed by atoms with Gasteiger partial charge in [0.15, 0.2) is 0 Å². The molecule has 2 N–H and O–H groups in total. The SMILES string of the molecule is CC(N)c1ccc(N(Cc2ccccc2)C(C)C)c(Br)c1. The van der Waals surface area contributed by atoms with Gasteiger partial charge in [0.2, 0.25) is 0 Å². The molecule has 2 aromatic rings. The average Bonchev–Trinajstić information content (AvgIpc) is 2.46. The first kappa shape index (κ1) is 16.1. The zero-order chi connectivity index (χ0) is 15.4. The maximum atomic E-state index is 5.96. The number of rotatable bonds is 5. The number of nitrogens with two attached hydrogens (primary N) is 1. The first-order chi connectivity index (χ1) is 9.99. The van der Waals surface area contributed by atoms with Crippen LogP contribution in [0.4, 0.5) is 5.69 Å². The molecule has 0 saturated heterocycles. The summed E-state index contributed by atoms with van der Waals surface area (Å²) in [6.07, 6.45) is 0. The lowest BCUT2D eigenvalue weighted by Gasteiger charge is -2.30. The van der Waals surface area contributed by atoms with E-state index in [2.05, 4.69) is 83.2 Å². The summed E-state index contributed by atoms with van der Waals surface area (Å²) in [6, 6.07) is 17.4. The zero-order valence-corrected chi connectivity index (χ0v) is 14.5. The quantitative estimate of drug-likeness (QED) is 0.835. The molecule has 21 heavy (non-hydrogen) atoms. The molecule has 0 aliphatic heterocycles. The van der Waals surface area contributed by atoms with E-state index in [1.165, 1.54) is 11.3 Å². The van der Waals surface area contributed by atoms with Crippen molar-refractivity contribution in [2.24, 2.45) is 5.73 Å². The third-order valence-electron chi connectivity index (χ3n) is 3.63. The Morgan fingerprint density at radius 1 is 1.05 bits per heavy atom. The minimum Gasteiger partial charge on any atom is -0.364 e. The van der Waals surface area contributed by atoms with Gasteiger partial charge in [0.25, 0.3) is 0 Å². The van der Waals surface area contributed by atoms with Crippen LogP contribution in [-0.2, 0) is 6.54 Å². The molecule has 2 rings (SSSR count). The molecule has 3 heteroatoms. The lowest BCUT2D eigenvalue weighted by Crippen LogP contribution is -2.30. The van der Waals surface area contributed by atoms with Crippen LogP contribution in [0.5, 0.6) is 0 Å². The smallest absolute Gasteiger partial charge is 0.0516 e. The summed E-state index contributed by atoms with van der Waals surface area (Å²) in [5.74, 6) is 0. The van der Waals surface area contributed by atoms with Gasteiger partial charge >= 0.3 is 0 Å². The zero-order valence-electron chi connectivity index (χ0n) is 12.9. The summed E-state index contributed by atoms with van der Waals surface area (Å²) in [7, 11) is 0. The van der Waals surface area contributed by atoms with Gasteiger partial charge < -0.3 is 10.6 Å². The molecular formula is C18H23BrN2. The maximum Gasteiger partial charge on any atom is 0.0516 e. The molecule has 112 valence electrons. The van der Waals surface area contributed by atoms with Crippen LogP contribution < -0.4 is 10.6 Å². The van der Waals surface area contributed by atoms with E-state index in [4.69, 9.17) is 5.73 Å². The highest BCUT2D eigenvalue weighted by molar-refractivity contribution is 9.10. The lowest BCUT2D eigenvalue weighted by molar-refractivity contribution is 0.680. The molecule has 2 nitrogen and oxygen atoms in total. The third-order valence-corrected chi connectivity index (χ3v) is 4.26. The van der Waals surface area contributed by atoms with Gasteiger partial charge in [-0.3, -0.25) is 0 Å². The summed E-state index contributed by atoms with van der Waals surface area (Å²) in [6.45, 7) is 7.34. The van der Waals surface area contributed by atoms with Gasteiger partial charge in [0, 0.05) is 23.1 Å². The van der Waals surface area contributed by atoms with Crippen LogP contribution in [0.15, 0.2) is 53.0 Å². The Labute approximate surface area is 136 Å². The molecule has 0 spiro atoms. The van der Waals surface area contributed by atoms with Crippen LogP contribution in [0.25, 0.3) is 0 Å². The molecular weight excluding hydrogens is 324 g/mol. The highest BCUT2D eigenvalue weighted by Gasteiger charge is 2.15. The molecule has 0 bridgehead atoms. The Balaban J connectivity index is 2.30. The second-order valence-corrected chi connectivity index (χ2v) is 6.56. The van der Waals surface area contributed by atoms with Crippen molar-refractivity contribution in [3.8, 4) is 0 Å². The highest BCUT2D eigenvalue weighted by atomic mass is 79.9. The predicted octanol–water partition coefficient (Wildman–Crippen LogP) is 4.88. The topological polar surface area (TPSA) is 29.3 Å². The Bertz CT molecular complexity index is 579. The van der Waals surface area contributed by atoms with Crippen LogP contribution in [0.1, 0.15) is 37.9 Å². The number of hydrogen-bond acceptors (Lipinski definition) is 2. The Morgan fingerprint density at radius 2 is 1.71 bits per heavy atom. The normalized spacial score (nSPS) is 12.5. The molecule has 1 atom stereocenters. The standard InChI is InChI=1S/C18H23BrN2/c1-13(2)21(12-15-7-5-4-6-8-15)18-10-9-16(14(3)20)11-17(18)19/h4-11,13-14H,12,20H2,1-3H3. The number of nitrogens with zero attached hydrogens (tertiary/aromatic N) is 1. The summed E-state index contributed by atoms with van der Waals surface area (Å²) in [5.41, 5.74) is 9.63. The summed E-state index contributed by atoms with van der Waals surface area (Å²) in [4.78, 5) is 2.39. The van der Waals surface area contributed by atoms with E-state index < -0.39 is 0 Å². The molecule has 0 saturated carbocycles. The van der Waals surface area contributed by atoms with Crippen molar-refractivity contribution in [1.29, 1.82) is 0 Å². The van der Waals surface area contributed by atoms with Crippen molar-refractivity contribution in [2.45, 2.75) is 39.4 Å². The highest BCUT2D eigenvalue weighted by Crippen LogP contribution is 2.31. The van der Waals surface area contributed by atoms with E-state index in [-0.39, 0.29) is 6.04 Å². The molecule has 0 aliphatic rings. The van der Waals surface area contributed by atoms with Crippen LogP contribution in [0.3, 0.4) is 0 Å². The van der Waals surface area contributed by atoms with E-state index in [1.807, 2.05) is 6.92 Å². The third kappa shape index (κ3) is 4.08. The Kier molecular flexibility index (Phi) is 5.43. The second-order valence-electron chi connectivity index (χ2n) is 5.71. The first-order valence-electron chi connectivity index (χ1n) is 7.34. The number of benzene rings is 2. The predicted molar refractivity (Wildman–Crippen MR) is 94.5 cm³/mol. The first-order valence-corrected chi connectivity index (χ1v) is 8.14. The van der Waals surface area contributed by atoms with Crippen LogP contribution in [-0.4, -0.2) is 6.04 Å². The minimum absolute atomic E-state index is 0.0528. The molecule has 0 radical (unpaired) electrons. The number of anilines is 1. The number of hydrogen-bond donors (Lipinski definition) is 1. The fraction of sp³-hybridized carbons (Fsp3) is 0.333. The monoisotopic (exact) mass is 346 g/mol. The van der Waals surface area contributed by atoms with E-state index >= 15 is 0 Å². The van der Waals surface area contributed by atoms with Gasteiger partial charge in [0.05, 0.1) is 5.69 Å². The fourth-order valence-corrected chi connectivity index (χ4v) is 2.99. The summed E-state index contributed by atoms with van der Waals surface area (Å²) in [5, 5.41) is 0. The van der Waals surface area contributed by atoms with Crippen LogP contribution in [0, 0.1) is 0 Å². The van der Waals surface area contributed by atoms with Gasteiger partial charge in [-0.25, -0.2) is 0 Å². The van der Waals surface area contributed by atoms with E-state index in [9.17, 15) is 0 Å². The molecule has 0 fully saturated rings. The lowest BCUT2D eigenvalue weighted by atomic mass is 10.1. The maximum absolute atomic E-state index is 5.96. The minimum atomic E-state index is 0.0528. The van der Waals surface area contributed by atoms with Gasteiger partial charge in [0.1, 0.15) is 0 Å². The van der Waals surface area contributed by atoms with Gasteiger partial charge in [-0.2, -0.15) is 0 Å². The van der Waals surface area contributed by atoms with Crippen molar-refractivity contribution >= 4 is 21.6 Å². The van der Waals surface area contributed by atoms with Crippen molar-refractivity contribution in [1.82, 2.24) is 0 Å². The molecule has 0 heterocycles. The summed E-state index contributed by atoms with van der Waals surface area (Å²) < 4.78 is 1.10. The van der Waals surface area contributed by atoms with E-state index in [0.29, 0.717) is 6.04 Å². The molecule has 0 aromatic heterocycles. The second kappa shape index (κ2) is 7.10. The van der Waals surface area contributed by atoms with Gasteiger partial charge in [-0.1, -0.05) is 36.4 Å². The average molecular weight is 347 g/mol. The van der Waals surface area contributed by atoms with Gasteiger partial charge in [-0.05, 0) is 60.0 Å². The van der Waals surface area contributed by atoms with Crippen molar-refractivity contribution < 1.29 is 0 Å². The van der Waals surface area contributed by atoms with E-state index in [1.54, 1.807) is 0 Å². The molecule has 0 amide bonds. The summed E-state index contributed by atoms with van der Waals surface area (Å²) >= 11 is 3.70. The van der Waals surface area contributed by atoms with Crippen molar-refractivity contribution in [3.63, 3.8) is 0 Å². The largest absolute Gasteiger partial charge is 0.364 e. The van der Waals surface area contributed by atoms with E-state index in [0.717, 1.165) is 16.6 Å². The van der Waals surface area contributed by atoms with Crippen LogP contribution >= 0.6 is 15.9 Å². The van der Waals surface area contributed by atoms with Crippen molar-refractivity contribution in [3.05, 3.63) is 64.1 Å². The molecule has 2 aromatic carbocycles. The van der Waals surface area contributed by atoms with Gasteiger partial charge in [-0.15, -0.1) is 0 Å². The Morgan fingerprint density at radius 3 is 2.24 bits per heavy atom. The van der Waals surface area contributed by atoms with Crippen LogP contribution in [0.2, 0.25) is 0 Å².